The van der Waals surface area contributed by atoms with E-state index in [4.69, 9.17) is 0 Å². The van der Waals surface area contributed by atoms with Crippen molar-refractivity contribution >= 4 is 29.7 Å². The van der Waals surface area contributed by atoms with Crippen LogP contribution in [0.5, 0.6) is 23.0 Å². The zero-order valence-corrected chi connectivity index (χ0v) is 14.0. The van der Waals surface area contributed by atoms with Crippen molar-refractivity contribution in [3.8, 4) is 23.0 Å². The molecule has 1 saturated heterocycles. The quantitative estimate of drug-likeness (QED) is 0.487. The van der Waals surface area contributed by atoms with Gasteiger partial charge in [0.15, 0.2) is 28.8 Å². The highest BCUT2D eigenvalue weighted by molar-refractivity contribution is 7.99. The molecule has 0 spiro atoms. The smallest absolute Gasteiger partial charge is 0.186 e. The standard InChI is InChI=1S/C19H16O5S/c20-15-3-1-11(7-17(15)22)5-13-9-25-10-14(19(13)24)6-12-2-4-16(21)18(23)8-12/h1-8,20-23H,9-10H2/b13-5-,14-6-. The van der Waals surface area contributed by atoms with E-state index in [9.17, 15) is 25.2 Å². The molecule has 0 amide bonds. The predicted octanol–water partition coefficient (Wildman–Crippen LogP) is 3.29. The Hall–Kier alpha value is -2.86. The van der Waals surface area contributed by atoms with Crippen molar-refractivity contribution in [2.45, 2.75) is 0 Å². The summed E-state index contributed by atoms with van der Waals surface area (Å²) in [6, 6.07) is 8.79. The molecule has 0 atom stereocenters. The molecule has 1 fully saturated rings. The first-order valence-corrected chi connectivity index (χ1v) is 8.67. The first-order valence-electron chi connectivity index (χ1n) is 7.51. The van der Waals surface area contributed by atoms with E-state index >= 15 is 0 Å². The number of rotatable bonds is 2. The van der Waals surface area contributed by atoms with Gasteiger partial charge in [0.25, 0.3) is 0 Å². The van der Waals surface area contributed by atoms with Crippen LogP contribution in [0.2, 0.25) is 0 Å². The Morgan fingerprint density at radius 3 is 1.56 bits per heavy atom. The summed E-state index contributed by atoms with van der Waals surface area (Å²) in [5, 5.41) is 37.9. The van der Waals surface area contributed by atoms with Gasteiger partial charge in [-0.25, -0.2) is 0 Å². The van der Waals surface area contributed by atoms with E-state index < -0.39 is 0 Å². The van der Waals surface area contributed by atoms with Crippen LogP contribution < -0.4 is 0 Å². The summed E-state index contributed by atoms with van der Waals surface area (Å²) in [5.74, 6) is 0.121. The summed E-state index contributed by atoms with van der Waals surface area (Å²) in [6.07, 6.45) is 3.38. The molecule has 4 N–H and O–H groups in total. The van der Waals surface area contributed by atoms with Gasteiger partial charge < -0.3 is 20.4 Å². The molecule has 0 bridgehead atoms. The second-order valence-corrected chi connectivity index (χ2v) is 6.64. The fourth-order valence-electron chi connectivity index (χ4n) is 2.49. The number of ketones is 1. The van der Waals surface area contributed by atoms with Crippen molar-refractivity contribution in [3.05, 3.63) is 58.7 Å². The molecule has 128 valence electrons. The van der Waals surface area contributed by atoms with Gasteiger partial charge in [0.1, 0.15) is 0 Å². The first kappa shape index (κ1) is 17.0. The molecule has 3 rings (SSSR count). The summed E-state index contributed by atoms with van der Waals surface area (Å²) in [5.41, 5.74) is 2.44. The number of carbonyl (C=O) groups is 1. The lowest BCUT2D eigenvalue weighted by Gasteiger charge is -2.16. The van der Waals surface area contributed by atoms with Gasteiger partial charge in [0, 0.05) is 22.7 Å². The second-order valence-electron chi connectivity index (χ2n) is 5.66. The molecule has 0 aromatic heterocycles. The second kappa shape index (κ2) is 6.94. The fraction of sp³-hybridized carbons (Fsp3) is 0.105. The van der Waals surface area contributed by atoms with Gasteiger partial charge in [-0.1, -0.05) is 12.1 Å². The predicted molar refractivity (Wildman–Crippen MR) is 97.8 cm³/mol. The third-order valence-electron chi connectivity index (χ3n) is 3.78. The number of hydrogen-bond donors (Lipinski definition) is 4. The topological polar surface area (TPSA) is 98.0 Å². The molecule has 0 saturated carbocycles. The highest BCUT2D eigenvalue weighted by atomic mass is 32.2. The minimum Gasteiger partial charge on any atom is -0.504 e. The van der Waals surface area contributed by atoms with Crippen molar-refractivity contribution in [2.75, 3.05) is 11.5 Å². The Morgan fingerprint density at radius 2 is 1.16 bits per heavy atom. The normalized spacial score (nSPS) is 18.0. The molecule has 2 aromatic rings. The van der Waals surface area contributed by atoms with E-state index in [1.54, 1.807) is 36.0 Å². The van der Waals surface area contributed by atoms with Gasteiger partial charge in [-0.3, -0.25) is 4.79 Å². The highest BCUT2D eigenvalue weighted by Crippen LogP contribution is 2.31. The summed E-state index contributed by atoms with van der Waals surface area (Å²) < 4.78 is 0. The molecule has 0 unspecified atom stereocenters. The van der Waals surface area contributed by atoms with Gasteiger partial charge in [-0.15, -0.1) is 0 Å². The number of carbonyl (C=O) groups excluding carboxylic acids is 1. The number of benzene rings is 2. The summed E-state index contributed by atoms with van der Waals surface area (Å²) in [4.78, 5) is 12.7. The van der Waals surface area contributed by atoms with E-state index in [1.807, 2.05) is 0 Å². The van der Waals surface area contributed by atoms with Crippen LogP contribution in [0.25, 0.3) is 12.2 Å². The Labute approximate surface area is 148 Å². The van der Waals surface area contributed by atoms with Gasteiger partial charge in [-0.2, -0.15) is 11.8 Å². The van der Waals surface area contributed by atoms with Gasteiger partial charge in [0.2, 0.25) is 0 Å². The molecule has 1 heterocycles. The van der Waals surface area contributed by atoms with Crippen molar-refractivity contribution in [1.82, 2.24) is 0 Å². The first-order chi connectivity index (χ1) is 11.9. The fourth-order valence-corrected chi connectivity index (χ4v) is 3.46. The lowest BCUT2D eigenvalue weighted by atomic mass is 10.0. The van der Waals surface area contributed by atoms with Crippen LogP contribution >= 0.6 is 11.8 Å². The molecule has 0 radical (unpaired) electrons. The largest absolute Gasteiger partial charge is 0.504 e. The number of Topliss-reactive ketones (excluding diaryl/α,β-unsaturated/α-hetero) is 1. The lowest BCUT2D eigenvalue weighted by Crippen LogP contribution is -2.16. The lowest BCUT2D eigenvalue weighted by molar-refractivity contribution is -0.112. The van der Waals surface area contributed by atoms with Crippen LogP contribution in [0.3, 0.4) is 0 Å². The SMILES string of the molecule is O=C1/C(=C\c2ccc(O)c(O)c2)CSC/C1=C/c1ccc(O)c(O)c1. The zero-order chi connectivity index (χ0) is 18.0. The molecule has 2 aromatic carbocycles. The Bertz CT molecular complexity index is 827. The third-order valence-corrected chi connectivity index (χ3v) is 4.81. The molecule has 1 aliphatic rings. The zero-order valence-electron chi connectivity index (χ0n) is 13.1. The van der Waals surface area contributed by atoms with E-state index in [2.05, 4.69) is 0 Å². The minimum absolute atomic E-state index is 0.0983. The molecule has 25 heavy (non-hydrogen) atoms. The van der Waals surface area contributed by atoms with E-state index in [0.29, 0.717) is 33.8 Å². The van der Waals surface area contributed by atoms with Gasteiger partial charge in [-0.05, 0) is 47.5 Å². The van der Waals surface area contributed by atoms with Crippen LogP contribution in [0.1, 0.15) is 11.1 Å². The molecule has 5 nitrogen and oxygen atoms in total. The molecular weight excluding hydrogens is 340 g/mol. The van der Waals surface area contributed by atoms with Crippen molar-refractivity contribution in [1.29, 1.82) is 0 Å². The number of aromatic hydroxyl groups is 4. The average Bonchev–Trinajstić information content (AvgIpc) is 2.58. The summed E-state index contributed by atoms with van der Waals surface area (Å²) in [6.45, 7) is 0. The molecule has 0 aliphatic carbocycles. The van der Waals surface area contributed by atoms with Crippen molar-refractivity contribution in [3.63, 3.8) is 0 Å². The third kappa shape index (κ3) is 3.80. The maximum atomic E-state index is 12.7. The molecule has 6 heteroatoms. The van der Waals surface area contributed by atoms with Gasteiger partial charge in [0.05, 0.1) is 0 Å². The number of phenols is 4. The number of phenolic OH excluding ortho intramolecular Hbond substituents is 4. The van der Waals surface area contributed by atoms with Crippen LogP contribution in [0.15, 0.2) is 47.5 Å². The van der Waals surface area contributed by atoms with E-state index in [1.165, 1.54) is 24.3 Å². The van der Waals surface area contributed by atoms with Crippen LogP contribution in [-0.4, -0.2) is 37.7 Å². The summed E-state index contributed by atoms with van der Waals surface area (Å²) >= 11 is 1.59. The number of thioether (sulfide) groups is 1. The minimum atomic E-state index is -0.236. The maximum Gasteiger partial charge on any atom is 0.186 e. The van der Waals surface area contributed by atoms with E-state index in [0.717, 1.165) is 0 Å². The van der Waals surface area contributed by atoms with Crippen molar-refractivity contribution in [2.24, 2.45) is 0 Å². The average molecular weight is 356 g/mol. The van der Waals surface area contributed by atoms with Crippen LogP contribution in [0.4, 0.5) is 0 Å². The molecular formula is C19H16O5S. The number of hydrogen-bond acceptors (Lipinski definition) is 6. The van der Waals surface area contributed by atoms with Gasteiger partial charge >= 0.3 is 0 Å². The summed E-state index contributed by atoms with van der Waals surface area (Å²) in [7, 11) is 0. The maximum absolute atomic E-state index is 12.7. The Morgan fingerprint density at radius 1 is 0.720 bits per heavy atom. The highest BCUT2D eigenvalue weighted by Gasteiger charge is 2.21. The van der Waals surface area contributed by atoms with Crippen LogP contribution in [0, 0.1) is 0 Å². The monoisotopic (exact) mass is 356 g/mol. The molecule has 1 aliphatic heterocycles. The van der Waals surface area contributed by atoms with Crippen molar-refractivity contribution < 1.29 is 25.2 Å². The Balaban J connectivity index is 1.89. The Kier molecular flexibility index (Phi) is 4.72. The van der Waals surface area contributed by atoms with E-state index in [-0.39, 0.29) is 28.8 Å². The van der Waals surface area contributed by atoms with Crippen LogP contribution in [-0.2, 0) is 4.79 Å².